The largest absolute Gasteiger partial charge is 0.481 e. The van der Waals surface area contributed by atoms with Gasteiger partial charge >= 0.3 is 12.0 Å². The predicted molar refractivity (Wildman–Crippen MR) is 81.1 cm³/mol. The van der Waals surface area contributed by atoms with Gasteiger partial charge in [0.05, 0.1) is 5.92 Å². The molecule has 2 amide bonds. The maximum absolute atomic E-state index is 12.3. The smallest absolute Gasteiger partial charge is 0.317 e. The van der Waals surface area contributed by atoms with Crippen LogP contribution in [0.1, 0.15) is 58.3 Å². The molecule has 0 aliphatic heterocycles. The highest BCUT2D eigenvalue weighted by Crippen LogP contribution is 2.30. The van der Waals surface area contributed by atoms with Crippen LogP contribution in [0.25, 0.3) is 0 Å². The van der Waals surface area contributed by atoms with Crippen LogP contribution >= 0.6 is 0 Å². The molecule has 2 rings (SSSR count). The van der Waals surface area contributed by atoms with Gasteiger partial charge in [0, 0.05) is 19.1 Å². The van der Waals surface area contributed by atoms with Gasteiger partial charge in [-0.2, -0.15) is 0 Å². The molecule has 2 unspecified atom stereocenters. The number of unbranched alkanes of at least 4 members (excludes halogenated alkanes) is 1. The van der Waals surface area contributed by atoms with E-state index in [1.807, 2.05) is 4.90 Å². The van der Waals surface area contributed by atoms with Gasteiger partial charge in [0.25, 0.3) is 0 Å². The minimum atomic E-state index is -0.709. The van der Waals surface area contributed by atoms with Crippen LogP contribution in [-0.2, 0) is 4.79 Å². The summed E-state index contributed by atoms with van der Waals surface area (Å²) < 4.78 is 0. The monoisotopic (exact) mass is 296 g/mol. The average Bonchev–Trinajstić information content (AvgIpc) is 3.30. The molecular weight excluding hydrogens is 268 g/mol. The third-order valence-electron chi connectivity index (χ3n) is 4.74. The number of carboxylic acid groups (broad SMARTS) is 1. The lowest BCUT2D eigenvalue weighted by molar-refractivity contribution is -0.144. The Morgan fingerprint density at radius 1 is 1.19 bits per heavy atom. The van der Waals surface area contributed by atoms with Crippen molar-refractivity contribution in [2.75, 3.05) is 13.1 Å². The first-order valence-electron chi connectivity index (χ1n) is 8.40. The van der Waals surface area contributed by atoms with Gasteiger partial charge in [0.2, 0.25) is 0 Å². The molecule has 0 saturated heterocycles. The van der Waals surface area contributed by atoms with Gasteiger partial charge in [-0.1, -0.05) is 26.2 Å². The Morgan fingerprint density at radius 2 is 1.90 bits per heavy atom. The number of nitrogens with zero attached hydrogens (tertiary/aromatic N) is 1. The van der Waals surface area contributed by atoms with E-state index < -0.39 is 5.97 Å². The number of hydrogen-bond acceptors (Lipinski definition) is 2. The SMILES string of the molecule is CCCCN(C(=O)NCC1CCCCC1C(=O)O)C1CC1. The summed E-state index contributed by atoms with van der Waals surface area (Å²) >= 11 is 0. The third kappa shape index (κ3) is 4.61. The minimum Gasteiger partial charge on any atom is -0.481 e. The van der Waals surface area contributed by atoms with Crippen molar-refractivity contribution in [3.8, 4) is 0 Å². The van der Waals surface area contributed by atoms with Crippen LogP contribution in [0.15, 0.2) is 0 Å². The van der Waals surface area contributed by atoms with Crippen LogP contribution in [0, 0.1) is 11.8 Å². The topological polar surface area (TPSA) is 69.6 Å². The predicted octanol–water partition coefficient (Wildman–Crippen LogP) is 2.85. The molecule has 120 valence electrons. The van der Waals surface area contributed by atoms with Gasteiger partial charge in [-0.05, 0) is 38.0 Å². The Kier molecular flexibility index (Phi) is 5.88. The fraction of sp³-hybridized carbons (Fsp3) is 0.875. The Morgan fingerprint density at radius 3 is 2.52 bits per heavy atom. The second kappa shape index (κ2) is 7.66. The molecule has 0 aromatic rings. The van der Waals surface area contributed by atoms with Crippen molar-refractivity contribution in [1.29, 1.82) is 0 Å². The van der Waals surface area contributed by atoms with Gasteiger partial charge in [-0.15, -0.1) is 0 Å². The second-order valence-corrected chi connectivity index (χ2v) is 6.45. The summed E-state index contributed by atoms with van der Waals surface area (Å²) in [5.74, 6) is -0.907. The van der Waals surface area contributed by atoms with E-state index in [9.17, 15) is 14.7 Å². The van der Waals surface area contributed by atoms with E-state index >= 15 is 0 Å². The highest BCUT2D eigenvalue weighted by atomic mass is 16.4. The number of nitrogens with one attached hydrogen (secondary N) is 1. The number of aliphatic carboxylic acids is 1. The molecule has 2 atom stereocenters. The lowest BCUT2D eigenvalue weighted by Crippen LogP contribution is -2.45. The van der Waals surface area contributed by atoms with Gasteiger partial charge in [-0.3, -0.25) is 4.79 Å². The fourth-order valence-corrected chi connectivity index (χ4v) is 3.26. The molecule has 2 saturated carbocycles. The number of hydrogen-bond donors (Lipinski definition) is 2. The van der Waals surface area contributed by atoms with E-state index in [0.717, 1.165) is 57.9 Å². The molecule has 0 radical (unpaired) electrons. The first-order chi connectivity index (χ1) is 10.1. The van der Waals surface area contributed by atoms with E-state index in [2.05, 4.69) is 12.2 Å². The number of carbonyl (C=O) groups excluding carboxylic acids is 1. The van der Waals surface area contributed by atoms with Crippen molar-refractivity contribution in [1.82, 2.24) is 10.2 Å². The molecule has 0 heterocycles. The Bertz CT molecular complexity index is 369. The molecule has 5 nitrogen and oxygen atoms in total. The lowest BCUT2D eigenvalue weighted by Gasteiger charge is -2.30. The van der Waals surface area contributed by atoms with Crippen molar-refractivity contribution >= 4 is 12.0 Å². The van der Waals surface area contributed by atoms with Gasteiger partial charge in [0.1, 0.15) is 0 Å². The second-order valence-electron chi connectivity index (χ2n) is 6.45. The van der Waals surface area contributed by atoms with Crippen molar-refractivity contribution in [2.45, 2.75) is 64.3 Å². The number of amides is 2. The zero-order valence-corrected chi connectivity index (χ0v) is 13.0. The number of urea groups is 1. The van der Waals surface area contributed by atoms with E-state index in [-0.39, 0.29) is 17.9 Å². The minimum absolute atomic E-state index is 0.000613. The molecule has 21 heavy (non-hydrogen) atoms. The van der Waals surface area contributed by atoms with Gasteiger partial charge < -0.3 is 15.3 Å². The van der Waals surface area contributed by atoms with Crippen LogP contribution in [0.3, 0.4) is 0 Å². The van der Waals surface area contributed by atoms with Gasteiger partial charge in [-0.25, -0.2) is 4.79 Å². The quantitative estimate of drug-likeness (QED) is 0.759. The molecule has 2 N–H and O–H groups in total. The summed E-state index contributed by atoms with van der Waals surface area (Å²) in [6, 6.07) is 0.416. The molecule has 0 bridgehead atoms. The highest BCUT2D eigenvalue weighted by Gasteiger charge is 2.34. The summed E-state index contributed by atoms with van der Waals surface area (Å²) in [4.78, 5) is 25.5. The maximum atomic E-state index is 12.3. The summed E-state index contributed by atoms with van der Waals surface area (Å²) in [5.41, 5.74) is 0. The van der Waals surface area contributed by atoms with Crippen LogP contribution in [0.4, 0.5) is 4.79 Å². The summed E-state index contributed by atoms with van der Waals surface area (Å²) in [6.07, 6.45) is 8.06. The first kappa shape index (κ1) is 16.1. The van der Waals surface area contributed by atoms with Crippen molar-refractivity contribution in [2.24, 2.45) is 11.8 Å². The number of rotatable bonds is 7. The Balaban J connectivity index is 1.82. The van der Waals surface area contributed by atoms with E-state index in [1.165, 1.54) is 0 Å². The molecule has 0 aromatic heterocycles. The third-order valence-corrected chi connectivity index (χ3v) is 4.74. The summed E-state index contributed by atoms with van der Waals surface area (Å²) in [6.45, 7) is 3.45. The Hall–Kier alpha value is -1.26. The molecule has 2 aliphatic carbocycles. The molecule has 0 aromatic carbocycles. The van der Waals surface area contributed by atoms with Crippen LogP contribution < -0.4 is 5.32 Å². The number of carbonyl (C=O) groups is 2. The van der Waals surface area contributed by atoms with Gasteiger partial charge in [0.15, 0.2) is 0 Å². The zero-order valence-electron chi connectivity index (χ0n) is 13.0. The van der Waals surface area contributed by atoms with Crippen molar-refractivity contribution in [3.63, 3.8) is 0 Å². The average molecular weight is 296 g/mol. The first-order valence-corrected chi connectivity index (χ1v) is 8.40. The molecule has 2 fully saturated rings. The summed E-state index contributed by atoms with van der Waals surface area (Å²) in [7, 11) is 0. The standard InChI is InChI=1S/C16H28N2O3/c1-2-3-10-18(13-8-9-13)16(21)17-11-12-6-4-5-7-14(12)15(19)20/h12-14H,2-11H2,1H3,(H,17,21)(H,19,20). The normalized spacial score (nSPS) is 25.4. The fourth-order valence-electron chi connectivity index (χ4n) is 3.26. The van der Waals surface area contributed by atoms with E-state index in [1.54, 1.807) is 0 Å². The van der Waals surface area contributed by atoms with Crippen LogP contribution in [0.2, 0.25) is 0 Å². The van der Waals surface area contributed by atoms with Crippen molar-refractivity contribution in [3.05, 3.63) is 0 Å². The maximum Gasteiger partial charge on any atom is 0.317 e. The van der Waals surface area contributed by atoms with Crippen molar-refractivity contribution < 1.29 is 14.7 Å². The lowest BCUT2D eigenvalue weighted by atomic mass is 9.79. The van der Waals surface area contributed by atoms with Crippen LogP contribution in [-0.4, -0.2) is 41.1 Å². The molecule has 5 heteroatoms. The Labute approximate surface area is 127 Å². The number of carboxylic acids is 1. The molecule has 0 spiro atoms. The van der Waals surface area contributed by atoms with Crippen LogP contribution in [0.5, 0.6) is 0 Å². The highest BCUT2D eigenvalue weighted by molar-refractivity contribution is 5.75. The van der Waals surface area contributed by atoms with E-state index in [0.29, 0.717) is 12.6 Å². The molecule has 2 aliphatic rings. The summed E-state index contributed by atoms with van der Waals surface area (Å²) in [5, 5.41) is 12.3. The van der Waals surface area contributed by atoms with E-state index in [4.69, 9.17) is 0 Å². The zero-order chi connectivity index (χ0) is 15.2. The molecular formula is C16H28N2O3.